The summed E-state index contributed by atoms with van der Waals surface area (Å²) in [5.74, 6) is -0.643. The maximum absolute atomic E-state index is 13.6. The fourth-order valence-corrected chi connectivity index (χ4v) is 5.53. The minimum Gasteiger partial charge on any atom is -0.478 e. The van der Waals surface area contributed by atoms with Crippen molar-refractivity contribution >= 4 is 52.4 Å². The van der Waals surface area contributed by atoms with E-state index in [1.165, 1.54) is 9.42 Å². The average Bonchev–Trinajstić information content (AvgIpc) is 3.44. The molecule has 1 fully saturated rings. The van der Waals surface area contributed by atoms with Gasteiger partial charge >= 0.3 is 12.1 Å². The van der Waals surface area contributed by atoms with Crippen LogP contribution in [0, 0.1) is 0 Å². The van der Waals surface area contributed by atoms with Gasteiger partial charge in [0.05, 0.1) is 29.7 Å². The summed E-state index contributed by atoms with van der Waals surface area (Å²) in [6.07, 6.45) is 0.972. The predicted molar refractivity (Wildman–Crippen MR) is 169 cm³/mol. The molecule has 0 radical (unpaired) electrons. The standard InChI is InChI=1S/C31H34Cl2N6O4/c1-5-36-12-14-37(15-13-36)26-9-7-20(16-23(26)29(40)41)25-18-28(39-27(35-25)10-11-34-39)38(30(42)43-31(2,3)4)19-21-6-8-22(32)17-24(21)33/h6-11,16-18H,5,12-15,19H2,1-4H3,(H,40,41). The number of fused-ring (bicyclic) bond motifs is 1. The number of halogens is 2. The van der Waals surface area contributed by atoms with E-state index < -0.39 is 17.7 Å². The molecule has 1 N–H and O–H groups in total. The van der Waals surface area contributed by atoms with Crippen molar-refractivity contribution in [3.05, 3.63) is 75.9 Å². The molecule has 4 aromatic rings. The molecule has 3 heterocycles. The van der Waals surface area contributed by atoms with E-state index in [1.807, 2.05) is 12.1 Å². The third-order valence-electron chi connectivity index (χ3n) is 7.26. The zero-order valence-corrected chi connectivity index (χ0v) is 26.1. The van der Waals surface area contributed by atoms with E-state index in [-0.39, 0.29) is 12.1 Å². The smallest absolute Gasteiger partial charge is 0.416 e. The number of nitrogens with zero attached hydrogens (tertiary/aromatic N) is 6. The first-order valence-corrected chi connectivity index (χ1v) is 14.8. The van der Waals surface area contributed by atoms with Crippen molar-refractivity contribution in [2.45, 2.75) is 39.8 Å². The number of carboxylic acid groups (broad SMARTS) is 1. The van der Waals surface area contributed by atoms with Crippen molar-refractivity contribution in [3.8, 4) is 11.3 Å². The van der Waals surface area contributed by atoms with Gasteiger partial charge in [0.2, 0.25) is 0 Å². The number of ether oxygens (including phenoxy) is 1. The van der Waals surface area contributed by atoms with Crippen molar-refractivity contribution in [2.24, 2.45) is 0 Å². The van der Waals surface area contributed by atoms with Gasteiger partial charge in [0.1, 0.15) is 11.4 Å². The Labute approximate surface area is 260 Å². The average molecular weight is 626 g/mol. The summed E-state index contributed by atoms with van der Waals surface area (Å²) in [6, 6.07) is 13.8. The van der Waals surface area contributed by atoms with Gasteiger partial charge in [0.25, 0.3) is 0 Å². The van der Waals surface area contributed by atoms with Crippen molar-refractivity contribution in [3.63, 3.8) is 0 Å². The van der Waals surface area contributed by atoms with Crippen LogP contribution in [0.5, 0.6) is 0 Å². The normalized spacial score (nSPS) is 14.2. The van der Waals surface area contributed by atoms with E-state index in [2.05, 4.69) is 21.8 Å². The van der Waals surface area contributed by atoms with Gasteiger partial charge in [-0.3, -0.25) is 4.90 Å². The van der Waals surface area contributed by atoms with Crippen LogP contribution in [0.1, 0.15) is 43.6 Å². The van der Waals surface area contributed by atoms with Gasteiger partial charge in [-0.2, -0.15) is 9.61 Å². The molecule has 1 saturated heterocycles. The summed E-state index contributed by atoms with van der Waals surface area (Å²) in [6.45, 7) is 11.8. The van der Waals surface area contributed by atoms with E-state index in [9.17, 15) is 14.7 Å². The van der Waals surface area contributed by atoms with Crippen LogP contribution in [0.4, 0.5) is 16.3 Å². The number of carbonyl (C=O) groups excluding carboxylic acids is 1. The number of rotatable bonds is 7. The molecule has 0 bridgehead atoms. The summed E-state index contributed by atoms with van der Waals surface area (Å²) >= 11 is 12.6. The molecule has 0 saturated carbocycles. The molecular formula is C31H34Cl2N6O4. The van der Waals surface area contributed by atoms with Crippen LogP contribution in [0.25, 0.3) is 16.9 Å². The lowest BCUT2D eigenvalue weighted by Gasteiger charge is -2.36. The Morgan fingerprint density at radius 1 is 1.02 bits per heavy atom. The highest BCUT2D eigenvalue weighted by Gasteiger charge is 2.28. The second kappa shape index (κ2) is 12.4. The number of hydrogen-bond acceptors (Lipinski definition) is 7. The lowest BCUT2D eigenvalue weighted by molar-refractivity contribution is 0.0574. The molecule has 2 aromatic carbocycles. The number of aromatic nitrogens is 3. The van der Waals surface area contributed by atoms with Crippen molar-refractivity contribution in [2.75, 3.05) is 42.5 Å². The lowest BCUT2D eigenvalue weighted by atomic mass is 10.0. The number of piperazine rings is 1. The molecule has 1 amide bonds. The highest BCUT2D eigenvalue weighted by atomic mass is 35.5. The van der Waals surface area contributed by atoms with Gasteiger partial charge in [-0.05, 0) is 57.1 Å². The Kier molecular flexibility index (Phi) is 8.82. The zero-order valence-electron chi connectivity index (χ0n) is 24.5. The molecule has 1 aliphatic rings. The number of carbonyl (C=O) groups is 2. The quantitative estimate of drug-likeness (QED) is 0.249. The molecule has 2 aromatic heterocycles. The Hall–Kier alpha value is -3.86. The van der Waals surface area contributed by atoms with E-state index in [4.69, 9.17) is 32.9 Å². The van der Waals surface area contributed by atoms with Crippen LogP contribution >= 0.6 is 23.2 Å². The van der Waals surface area contributed by atoms with Gasteiger partial charge in [-0.25, -0.2) is 14.6 Å². The third kappa shape index (κ3) is 6.87. The van der Waals surface area contributed by atoms with Crippen molar-refractivity contribution < 1.29 is 19.4 Å². The van der Waals surface area contributed by atoms with E-state index in [0.717, 1.165) is 32.7 Å². The van der Waals surface area contributed by atoms with Crippen LogP contribution < -0.4 is 9.80 Å². The predicted octanol–water partition coefficient (Wildman–Crippen LogP) is 6.48. The first-order valence-electron chi connectivity index (χ1n) is 14.1. The number of benzene rings is 2. The number of hydrogen-bond donors (Lipinski definition) is 1. The monoisotopic (exact) mass is 624 g/mol. The largest absolute Gasteiger partial charge is 0.478 e. The summed E-state index contributed by atoms with van der Waals surface area (Å²) in [5, 5.41) is 15.5. The Balaban J connectivity index is 1.59. The van der Waals surface area contributed by atoms with Crippen LogP contribution in [0.2, 0.25) is 10.0 Å². The lowest BCUT2D eigenvalue weighted by Crippen LogP contribution is -2.46. The summed E-state index contributed by atoms with van der Waals surface area (Å²) in [5.41, 5.74) is 2.28. The molecule has 5 rings (SSSR count). The number of anilines is 2. The molecular weight excluding hydrogens is 591 g/mol. The second-order valence-electron chi connectivity index (χ2n) is 11.4. The number of aromatic carboxylic acids is 1. The van der Waals surface area contributed by atoms with Gasteiger partial charge in [0, 0.05) is 53.9 Å². The molecule has 1 aliphatic heterocycles. The molecule has 10 nitrogen and oxygen atoms in total. The molecule has 0 unspecified atom stereocenters. The summed E-state index contributed by atoms with van der Waals surface area (Å²) in [4.78, 5) is 36.7. The minimum absolute atomic E-state index is 0.0619. The molecule has 0 aliphatic carbocycles. The first kappa shape index (κ1) is 30.6. The zero-order chi connectivity index (χ0) is 30.9. The number of amides is 1. The van der Waals surface area contributed by atoms with Crippen LogP contribution in [-0.2, 0) is 11.3 Å². The van der Waals surface area contributed by atoms with E-state index in [1.54, 1.807) is 63.4 Å². The Morgan fingerprint density at radius 2 is 1.77 bits per heavy atom. The highest BCUT2D eigenvalue weighted by molar-refractivity contribution is 6.35. The molecule has 0 spiro atoms. The Bertz CT molecular complexity index is 1660. The van der Waals surface area contributed by atoms with Crippen molar-refractivity contribution in [1.82, 2.24) is 19.5 Å². The topological polar surface area (TPSA) is 104 Å². The maximum atomic E-state index is 13.6. The number of likely N-dealkylation sites (N-methyl/N-ethyl adjacent to an activating group) is 1. The first-order chi connectivity index (χ1) is 20.4. The van der Waals surface area contributed by atoms with Gasteiger partial charge in [0.15, 0.2) is 5.65 Å². The highest BCUT2D eigenvalue weighted by Crippen LogP contribution is 2.32. The van der Waals surface area contributed by atoms with Crippen LogP contribution in [0.3, 0.4) is 0 Å². The van der Waals surface area contributed by atoms with Crippen LogP contribution in [-0.4, -0.2) is 75.0 Å². The van der Waals surface area contributed by atoms with Crippen molar-refractivity contribution in [1.29, 1.82) is 0 Å². The fourth-order valence-electron chi connectivity index (χ4n) is 5.06. The number of carboxylic acids is 1. The summed E-state index contributed by atoms with van der Waals surface area (Å²) < 4.78 is 7.32. The van der Waals surface area contributed by atoms with E-state index >= 15 is 0 Å². The molecule has 43 heavy (non-hydrogen) atoms. The van der Waals surface area contributed by atoms with E-state index in [0.29, 0.717) is 44.0 Å². The van der Waals surface area contributed by atoms with Gasteiger partial charge in [-0.1, -0.05) is 42.3 Å². The molecule has 226 valence electrons. The minimum atomic E-state index is -1.02. The van der Waals surface area contributed by atoms with Crippen LogP contribution in [0.15, 0.2) is 54.7 Å². The fraction of sp³-hybridized carbons (Fsp3) is 0.355. The van der Waals surface area contributed by atoms with Gasteiger partial charge < -0.3 is 19.6 Å². The Morgan fingerprint density at radius 3 is 2.42 bits per heavy atom. The second-order valence-corrected chi connectivity index (χ2v) is 12.2. The third-order valence-corrected chi connectivity index (χ3v) is 7.84. The maximum Gasteiger partial charge on any atom is 0.416 e. The molecule has 0 atom stereocenters. The van der Waals surface area contributed by atoms with Gasteiger partial charge in [-0.15, -0.1) is 0 Å². The molecule has 12 heteroatoms. The SMILES string of the molecule is CCN1CCN(c2ccc(-c3cc(N(Cc4ccc(Cl)cc4Cl)C(=O)OC(C)(C)C)n4nccc4n3)cc2C(=O)O)CC1. The summed E-state index contributed by atoms with van der Waals surface area (Å²) in [7, 11) is 0.